The maximum atomic E-state index is 8.75. The van der Waals surface area contributed by atoms with Crippen LogP contribution >= 0.6 is 0 Å². The molecule has 0 aliphatic heterocycles. The Kier molecular flexibility index (Phi) is 4.11. The van der Waals surface area contributed by atoms with Gasteiger partial charge in [-0.3, -0.25) is 0 Å². The van der Waals surface area contributed by atoms with E-state index in [0.29, 0.717) is 24.7 Å². The molecular formula is C10H14N2O2. The summed E-state index contributed by atoms with van der Waals surface area (Å²) in [6, 6.07) is 0. The van der Waals surface area contributed by atoms with E-state index in [1.165, 1.54) is 0 Å². The van der Waals surface area contributed by atoms with Crippen molar-refractivity contribution in [2.45, 2.75) is 20.0 Å². The molecule has 4 nitrogen and oxygen atoms in total. The third-order valence-corrected chi connectivity index (χ3v) is 1.81. The zero-order chi connectivity index (χ0) is 10.4. The average Bonchev–Trinajstić information content (AvgIpc) is 2.21. The minimum Gasteiger partial charge on any atom is -0.495 e. The van der Waals surface area contributed by atoms with Crippen LogP contribution in [0.3, 0.4) is 0 Å². The van der Waals surface area contributed by atoms with Gasteiger partial charge in [0.05, 0.1) is 6.61 Å². The molecule has 76 valence electrons. The third-order valence-electron chi connectivity index (χ3n) is 1.81. The quantitative estimate of drug-likeness (QED) is 0.503. The normalized spacial score (nSPS) is 20.3. The molecule has 4 heteroatoms. The second-order valence-electron chi connectivity index (χ2n) is 2.72. The smallest absolute Gasteiger partial charge is 0.328 e. The summed E-state index contributed by atoms with van der Waals surface area (Å²) in [5.74, 6) is 0.685. The molecule has 0 radical (unpaired) electrons. The first kappa shape index (κ1) is 10.7. The predicted molar refractivity (Wildman–Crippen MR) is 52.9 cm³/mol. The Labute approximate surface area is 83.4 Å². The summed E-state index contributed by atoms with van der Waals surface area (Å²) >= 11 is 0. The van der Waals surface area contributed by atoms with E-state index in [1.807, 2.05) is 19.9 Å². The first-order chi connectivity index (χ1) is 6.83. The van der Waals surface area contributed by atoms with Crippen molar-refractivity contribution in [3.63, 3.8) is 0 Å². The van der Waals surface area contributed by atoms with Crippen LogP contribution in [-0.4, -0.2) is 29.8 Å². The summed E-state index contributed by atoms with van der Waals surface area (Å²) in [6.07, 6.45) is 4.91. The van der Waals surface area contributed by atoms with Crippen molar-refractivity contribution in [3.8, 4) is 0 Å². The summed E-state index contributed by atoms with van der Waals surface area (Å²) < 4.78 is 10.8. The number of ether oxygens (including phenoxy) is 2. The fourth-order valence-electron chi connectivity index (χ4n) is 1.27. The highest BCUT2D eigenvalue weighted by atomic mass is 16.5. The number of allylic oxidation sites excluding steroid dienone is 2. The number of hydrogen-bond acceptors (Lipinski definition) is 2. The Balaban J connectivity index is 2.85. The lowest BCUT2D eigenvalue weighted by molar-refractivity contribution is -0.0298. The highest BCUT2D eigenvalue weighted by Crippen LogP contribution is 2.15. The van der Waals surface area contributed by atoms with E-state index in [9.17, 15) is 0 Å². The van der Waals surface area contributed by atoms with Crippen LogP contribution < -0.4 is 0 Å². The molecule has 0 saturated heterocycles. The topological polar surface area (TPSA) is 54.9 Å². The van der Waals surface area contributed by atoms with Crippen LogP contribution in [0.1, 0.15) is 13.8 Å². The van der Waals surface area contributed by atoms with Crippen LogP contribution in [0.4, 0.5) is 0 Å². The maximum Gasteiger partial charge on any atom is 0.328 e. The first-order valence-electron chi connectivity index (χ1n) is 4.68. The minimum atomic E-state index is -0.380. The van der Waals surface area contributed by atoms with Crippen LogP contribution in [-0.2, 0) is 9.47 Å². The summed E-state index contributed by atoms with van der Waals surface area (Å²) in [5.41, 5.74) is 9.22. The van der Waals surface area contributed by atoms with Gasteiger partial charge in [0.1, 0.15) is 5.76 Å². The molecule has 0 amide bonds. The standard InChI is InChI=1S/C10H14N2O2/c1-3-13-9-7-5-6-8(12-11)10(9)14-4-2/h5-7,10H,3-4H2,1-2H3. The minimum absolute atomic E-state index is 0.380. The summed E-state index contributed by atoms with van der Waals surface area (Å²) in [4.78, 5) is 3.16. The van der Waals surface area contributed by atoms with Crippen molar-refractivity contribution in [2.24, 2.45) is 0 Å². The molecular weight excluding hydrogens is 180 g/mol. The predicted octanol–water partition coefficient (Wildman–Crippen LogP) is 1.55. The third kappa shape index (κ3) is 2.31. The maximum absolute atomic E-state index is 8.75. The van der Waals surface area contributed by atoms with Crippen molar-refractivity contribution >= 4 is 5.71 Å². The monoisotopic (exact) mass is 194 g/mol. The molecule has 0 fully saturated rings. The summed E-state index contributed by atoms with van der Waals surface area (Å²) in [6.45, 7) is 4.90. The fraction of sp³-hybridized carbons (Fsp3) is 0.500. The van der Waals surface area contributed by atoms with Crippen LogP contribution in [0.25, 0.3) is 5.53 Å². The highest BCUT2D eigenvalue weighted by Gasteiger charge is 2.29. The second-order valence-corrected chi connectivity index (χ2v) is 2.72. The Morgan fingerprint density at radius 3 is 2.79 bits per heavy atom. The molecule has 0 spiro atoms. The second kappa shape index (κ2) is 5.37. The van der Waals surface area contributed by atoms with Crippen molar-refractivity contribution in [3.05, 3.63) is 29.5 Å². The van der Waals surface area contributed by atoms with Crippen molar-refractivity contribution < 1.29 is 14.3 Å². The lowest BCUT2D eigenvalue weighted by Gasteiger charge is -2.17. The Bertz CT molecular complexity index is 301. The lowest BCUT2D eigenvalue weighted by Crippen LogP contribution is -2.29. The van der Waals surface area contributed by atoms with Crippen molar-refractivity contribution in [1.29, 1.82) is 0 Å². The lowest BCUT2D eigenvalue weighted by atomic mass is 10.1. The summed E-state index contributed by atoms with van der Waals surface area (Å²) in [7, 11) is 0. The molecule has 1 aliphatic carbocycles. The van der Waals surface area contributed by atoms with Gasteiger partial charge in [0.15, 0.2) is 0 Å². The Morgan fingerprint density at radius 1 is 1.43 bits per heavy atom. The highest BCUT2D eigenvalue weighted by molar-refractivity contribution is 5.97. The molecule has 0 saturated carbocycles. The van der Waals surface area contributed by atoms with Crippen LogP contribution in [0.2, 0.25) is 0 Å². The fourth-order valence-corrected chi connectivity index (χ4v) is 1.27. The molecule has 1 atom stereocenters. The largest absolute Gasteiger partial charge is 0.495 e. The van der Waals surface area contributed by atoms with Gasteiger partial charge in [-0.2, -0.15) is 4.79 Å². The molecule has 0 aromatic heterocycles. The van der Waals surface area contributed by atoms with E-state index >= 15 is 0 Å². The van der Waals surface area contributed by atoms with Gasteiger partial charge in [-0.25, -0.2) is 0 Å². The average molecular weight is 194 g/mol. The molecule has 1 unspecified atom stereocenters. The molecule has 0 N–H and O–H groups in total. The van der Waals surface area contributed by atoms with Crippen molar-refractivity contribution in [1.82, 2.24) is 0 Å². The molecule has 14 heavy (non-hydrogen) atoms. The van der Waals surface area contributed by atoms with Gasteiger partial charge in [0.2, 0.25) is 6.10 Å². The molecule has 0 aromatic rings. The number of rotatable bonds is 4. The summed E-state index contributed by atoms with van der Waals surface area (Å²) in [5, 5.41) is 0. The van der Waals surface area contributed by atoms with Crippen LogP contribution in [0, 0.1) is 0 Å². The zero-order valence-electron chi connectivity index (χ0n) is 8.43. The molecule has 0 heterocycles. The van der Waals surface area contributed by atoms with E-state index in [2.05, 4.69) is 4.79 Å². The van der Waals surface area contributed by atoms with E-state index in [1.54, 1.807) is 12.2 Å². The Morgan fingerprint density at radius 2 is 2.21 bits per heavy atom. The molecule has 0 bridgehead atoms. The number of nitrogens with zero attached hydrogens (tertiary/aromatic N) is 2. The zero-order valence-corrected chi connectivity index (χ0v) is 8.43. The van der Waals surface area contributed by atoms with Gasteiger partial charge < -0.3 is 15.0 Å². The van der Waals surface area contributed by atoms with Crippen LogP contribution in [0.5, 0.6) is 0 Å². The molecule has 0 aromatic carbocycles. The van der Waals surface area contributed by atoms with Gasteiger partial charge in [0.25, 0.3) is 0 Å². The first-order valence-corrected chi connectivity index (χ1v) is 4.68. The van der Waals surface area contributed by atoms with Gasteiger partial charge in [-0.15, -0.1) is 0 Å². The van der Waals surface area contributed by atoms with E-state index < -0.39 is 0 Å². The molecule has 1 rings (SSSR count). The van der Waals surface area contributed by atoms with E-state index in [0.717, 1.165) is 0 Å². The molecule has 1 aliphatic rings. The van der Waals surface area contributed by atoms with Crippen LogP contribution in [0.15, 0.2) is 24.0 Å². The van der Waals surface area contributed by atoms with E-state index in [-0.39, 0.29) is 6.10 Å². The SMILES string of the molecule is CCOC1=CC=CC(=[N+]=[N-])C1OCC. The Hall–Kier alpha value is -1.38. The van der Waals surface area contributed by atoms with Gasteiger partial charge in [0, 0.05) is 12.7 Å². The van der Waals surface area contributed by atoms with Gasteiger partial charge >= 0.3 is 5.71 Å². The number of hydrogen-bond donors (Lipinski definition) is 0. The van der Waals surface area contributed by atoms with Gasteiger partial charge in [-0.1, -0.05) is 6.08 Å². The van der Waals surface area contributed by atoms with Gasteiger partial charge in [-0.05, 0) is 19.9 Å². The van der Waals surface area contributed by atoms with E-state index in [4.69, 9.17) is 15.0 Å². The van der Waals surface area contributed by atoms with Crippen molar-refractivity contribution in [2.75, 3.05) is 13.2 Å².